The monoisotopic (exact) mass is 340 g/mol. The van der Waals surface area contributed by atoms with Gasteiger partial charge >= 0.3 is 6.09 Å². The van der Waals surface area contributed by atoms with Gasteiger partial charge in [0.1, 0.15) is 5.60 Å². The number of rotatable bonds is 4. The predicted octanol–water partition coefficient (Wildman–Crippen LogP) is 2.78. The summed E-state index contributed by atoms with van der Waals surface area (Å²) >= 11 is 0. The average Bonchev–Trinajstić information content (AvgIpc) is 2.44. The third-order valence-electron chi connectivity index (χ3n) is 2.76. The molecule has 0 fully saturated rings. The van der Waals surface area contributed by atoms with Crippen molar-refractivity contribution in [3.05, 3.63) is 34.6 Å². The maximum Gasteiger partial charge on any atom is 0.407 e. The number of alkyl carbamates (subject to hydrolysis) is 1. The van der Waals surface area contributed by atoms with Crippen LogP contribution in [0.1, 0.15) is 26.3 Å². The third kappa shape index (κ3) is 4.78. The Hall–Kier alpha value is -1.90. The van der Waals surface area contributed by atoms with Gasteiger partial charge in [0.25, 0.3) is 0 Å². The molecule has 3 N–H and O–H groups in total. The first-order valence-corrected chi connectivity index (χ1v) is 6.67. The molecule has 0 radical (unpaired) electrons. The van der Waals surface area contributed by atoms with Crippen molar-refractivity contribution in [3.8, 4) is 0 Å². The first-order chi connectivity index (χ1) is 10.5. The van der Waals surface area contributed by atoms with Gasteiger partial charge in [0.2, 0.25) is 5.82 Å². The molecule has 1 rings (SSSR count). The van der Waals surface area contributed by atoms with Crippen LogP contribution in [0.25, 0.3) is 0 Å². The summed E-state index contributed by atoms with van der Waals surface area (Å²) in [6, 6.07) is -1.07. The smallest absolute Gasteiger partial charge is 0.407 e. The number of hydrogen-bond donors (Lipinski definition) is 2. The first kappa shape index (κ1) is 19.1. The van der Waals surface area contributed by atoms with Crippen molar-refractivity contribution < 1.29 is 31.5 Å². The van der Waals surface area contributed by atoms with E-state index in [4.69, 9.17) is 10.5 Å². The van der Waals surface area contributed by atoms with Gasteiger partial charge in [-0.05, 0) is 27.2 Å². The Morgan fingerprint density at radius 3 is 1.87 bits per heavy atom. The van der Waals surface area contributed by atoms with Gasteiger partial charge in [-0.1, -0.05) is 0 Å². The van der Waals surface area contributed by atoms with E-state index < -0.39 is 58.8 Å². The number of benzene rings is 1. The van der Waals surface area contributed by atoms with Crippen LogP contribution < -0.4 is 11.1 Å². The Kier molecular flexibility index (Phi) is 5.92. The maximum absolute atomic E-state index is 13.6. The van der Waals surface area contributed by atoms with Gasteiger partial charge in [0.05, 0.1) is 0 Å². The molecule has 0 saturated carbocycles. The fourth-order valence-electron chi connectivity index (χ4n) is 1.74. The summed E-state index contributed by atoms with van der Waals surface area (Å²) < 4.78 is 71.4. The summed E-state index contributed by atoms with van der Waals surface area (Å²) in [6.07, 6.45) is -1.60. The molecule has 1 unspecified atom stereocenters. The molecule has 1 aromatic carbocycles. The Morgan fingerprint density at radius 2 is 1.48 bits per heavy atom. The summed E-state index contributed by atoms with van der Waals surface area (Å²) in [4.78, 5) is 11.6. The molecule has 4 nitrogen and oxygen atoms in total. The van der Waals surface area contributed by atoms with Crippen LogP contribution in [0.5, 0.6) is 0 Å². The minimum Gasteiger partial charge on any atom is -0.444 e. The summed E-state index contributed by atoms with van der Waals surface area (Å²) in [6.45, 7) is 4.48. The van der Waals surface area contributed by atoms with E-state index in [0.717, 1.165) is 0 Å². The molecule has 0 aliphatic heterocycles. The van der Waals surface area contributed by atoms with E-state index in [1.54, 1.807) is 20.8 Å². The number of carbonyl (C=O) groups excluding carboxylic acids is 1. The molecule has 0 aromatic heterocycles. The van der Waals surface area contributed by atoms with E-state index in [1.807, 2.05) is 0 Å². The van der Waals surface area contributed by atoms with E-state index in [0.29, 0.717) is 0 Å². The van der Waals surface area contributed by atoms with Crippen LogP contribution in [0.2, 0.25) is 0 Å². The average molecular weight is 340 g/mol. The van der Waals surface area contributed by atoms with Crippen molar-refractivity contribution in [3.63, 3.8) is 0 Å². The lowest BCUT2D eigenvalue weighted by atomic mass is 10.0. The van der Waals surface area contributed by atoms with E-state index >= 15 is 0 Å². The van der Waals surface area contributed by atoms with Crippen LogP contribution >= 0.6 is 0 Å². The number of carbonyl (C=O) groups is 1. The molecule has 9 heteroatoms. The lowest BCUT2D eigenvalue weighted by Crippen LogP contribution is -2.44. The van der Waals surface area contributed by atoms with Crippen molar-refractivity contribution in [1.29, 1.82) is 0 Å². The molecule has 0 spiro atoms. The molecule has 0 aliphatic carbocycles. The van der Waals surface area contributed by atoms with Crippen LogP contribution in [0.3, 0.4) is 0 Å². The summed E-state index contributed by atoms with van der Waals surface area (Å²) in [5, 5.41) is 2.22. The highest BCUT2D eigenvalue weighted by molar-refractivity contribution is 5.68. The molecule has 0 bridgehead atoms. The Bertz CT molecular complexity index is 573. The van der Waals surface area contributed by atoms with Crippen LogP contribution in [-0.4, -0.2) is 24.3 Å². The number of nitrogens with one attached hydrogen (secondary N) is 1. The molecule has 0 heterocycles. The summed E-state index contributed by atoms with van der Waals surface area (Å²) in [7, 11) is 0. The van der Waals surface area contributed by atoms with Gasteiger partial charge in [-0.3, -0.25) is 0 Å². The normalized spacial score (nSPS) is 12.9. The molecular formula is C14H17F5N2O2. The maximum atomic E-state index is 13.6. The standard InChI is InChI=1S/C14H17F5N2O2/c1-14(2,3)23-13(22)21-6(5-20)4-7-8(15)10(17)12(19)11(18)9(7)16/h6H,4-5,20H2,1-3H3,(H,21,22). The highest BCUT2D eigenvalue weighted by atomic mass is 19.2. The van der Waals surface area contributed by atoms with E-state index in [9.17, 15) is 26.7 Å². The topological polar surface area (TPSA) is 64.3 Å². The van der Waals surface area contributed by atoms with Gasteiger partial charge in [-0.2, -0.15) is 0 Å². The van der Waals surface area contributed by atoms with Gasteiger partial charge in [-0.25, -0.2) is 26.7 Å². The Labute approximate surface area is 129 Å². The second kappa shape index (κ2) is 7.12. The zero-order valence-corrected chi connectivity index (χ0v) is 12.8. The number of nitrogens with two attached hydrogens (primary N) is 1. The van der Waals surface area contributed by atoms with Gasteiger partial charge in [0, 0.05) is 18.2 Å². The van der Waals surface area contributed by atoms with E-state index in [2.05, 4.69) is 5.32 Å². The van der Waals surface area contributed by atoms with Crippen molar-refractivity contribution in [2.24, 2.45) is 5.73 Å². The van der Waals surface area contributed by atoms with Crippen LogP contribution in [0, 0.1) is 29.1 Å². The highest BCUT2D eigenvalue weighted by Crippen LogP contribution is 2.24. The quantitative estimate of drug-likeness (QED) is 0.503. The lowest BCUT2D eigenvalue weighted by Gasteiger charge is -2.23. The fourth-order valence-corrected chi connectivity index (χ4v) is 1.74. The van der Waals surface area contributed by atoms with Crippen LogP contribution in [-0.2, 0) is 11.2 Å². The van der Waals surface area contributed by atoms with Crippen molar-refractivity contribution >= 4 is 6.09 Å². The molecule has 0 aliphatic rings. The van der Waals surface area contributed by atoms with Crippen molar-refractivity contribution in [2.75, 3.05) is 6.54 Å². The van der Waals surface area contributed by atoms with Crippen LogP contribution in [0.15, 0.2) is 0 Å². The van der Waals surface area contributed by atoms with Gasteiger partial charge in [-0.15, -0.1) is 0 Å². The Balaban J connectivity index is 2.99. The SMILES string of the molecule is CC(C)(C)OC(=O)NC(CN)Cc1c(F)c(F)c(F)c(F)c1F. The molecule has 23 heavy (non-hydrogen) atoms. The highest BCUT2D eigenvalue weighted by Gasteiger charge is 2.28. The minimum atomic E-state index is -2.24. The fraction of sp³-hybridized carbons (Fsp3) is 0.500. The predicted molar refractivity (Wildman–Crippen MR) is 72.1 cm³/mol. The number of ether oxygens (including phenoxy) is 1. The second-order valence-electron chi connectivity index (χ2n) is 5.83. The summed E-state index contributed by atoms with van der Waals surface area (Å²) in [5.74, 6) is -10.2. The van der Waals surface area contributed by atoms with Crippen molar-refractivity contribution in [2.45, 2.75) is 38.8 Å². The summed E-state index contributed by atoms with van der Waals surface area (Å²) in [5.41, 5.74) is 3.49. The number of halogens is 5. The zero-order chi connectivity index (χ0) is 17.9. The van der Waals surface area contributed by atoms with Gasteiger partial charge in [0.15, 0.2) is 23.3 Å². The molecule has 1 amide bonds. The molecular weight excluding hydrogens is 323 g/mol. The third-order valence-corrected chi connectivity index (χ3v) is 2.76. The molecule has 130 valence electrons. The zero-order valence-electron chi connectivity index (χ0n) is 12.8. The Morgan fingerprint density at radius 1 is 1.04 bits per heavy atom. The van der Waals surface area contributed by atoms with E-state index in [1.165, 1.54) is 0 Å². The van der Waals surface area contributed by atoms with Gasteiger partial charge < -0.3 is 15.8 Å². The molecule has 0 saturated heterocycles. The largest absolute Gasteiger partial charge is 0.444 e. The van der Waals surface area contributed by atoms with E-state index in [-0.39, 0.29) is 6.54 Å². The first-order valence-electron chi connectivity index (χ1n) is 6.67. The molecule has 1 aromatic rings. The molecule has 1 atom stereocenters. The second-order valence-corrected chi connectivity index (χ2v) is 5.83. The number of amides is 1. The van der Waals surface area contributed by atoms with Crippen LogP contribution in [0.4, 0.5) is 26.7 Å². The minimum absolute atomic E-state index is 0.293. The number of hydrogen-bond acceptors (Lipinski definition) is 3. The van der Waals surface area contributed by atoms with Crippen molar-refractivity contribution in [1.82, 2.24) is 5.32 Å². The lowest BCUT2D eigenvalue weighted by molar-refractivity contribution is 0.0505.